The topological polar surface area (TPSA) is 49.3 Å². The van der Waals surface area contributed by atoms with Gasteiger partial charge in [-0.2, -0.15) is 0 Å². The summed E-state index contributed by atoms with van der Waals surface area (Å²) in [5.41, 5.74) is 4.15. The Morgan fingerprint density at radius 3 is 2.71 bits per heavy atom. The molecule has 0 aliphatic heterocycles. The van der Waals surface area contributed by atoms with Crippen molar-refractivity contribution in [3.63, 3.8) is 0 Å². The van der Waals surface area contributed by atoms with Crippen molar-refractivity contribution < 1.29 is 10.0 Å². The average Bonchev–Trinajstić information content (AvgIpc) is 2.35. The smallest absolute Gasteiger partial charge is 0.246 e. The van der Waals surface area contributed by atoms with Crippen molar-refractivity contribution in [1.82, 2.24) is 5.48 Å². The lowest BCUT2D eigenvalue weighted by Crippen LogP contribution is -2.29. The molecule has 1 aromatic rings. The van der Waals surface area contributed by atoms with Crippen LogP contribution < -0.4 is 5.48 Å². The van der Waals surface area contributed by atoms with Crippen LogP contribution >= 0.6 is 0 Å². The zero-order chi connectivity index (χ0) is 12.7. The van der Waals surface area contributed by atoms with Gasteiger partial charge in [0.25, 0.3) is 0 Å². The normalized spacial score (nSPS) is 12.2. The lowest BCUT2D eigenvalue weighted by Gasteiger charge is -2.15. The van der Waals surface area contributed by atoms with E-state index in [-0.39, 0.29) is 11.8 Å². The summed E-state index contributed by atoms with van der Waals surface area (Å²) >= 11 is 0. The van der Waals surface area contributed by atoms with Crippen LogP contribution in [0.1, 0.15) is 37.3 Å². The minimum Gasteiger partial charge on any atom is -0.289 e. The molecule has 1 aromatic carbocycles. The Bertz CT molecular complexity index is 363. The number of carbonyl (C=O) groups excluding carboxylic acids is 1. The highest BCUT2D eigenvalue weighted by Crippen LogP contribution is 2.18. The third-order valence-electron chi connectivity index (χ3n) is 3.11. The van der Waals surface area contributed by atoms with Gasteiger partial charge in [0, 0.05) is 5.92 Å². The molecule has 3 heteroatoms. The van der Waals surface area contributed by atoms with Crippen LogP contribution in [0.4, 0.5) is 0 Å². The Labute approximate surface area is 103 Å². The molecule has 0 aliphatic rings. The zero-order valence-corrected chi connectivity index (χ0v) is 10.6. The monoisotopic (exact) mass is 235 g/mol. The Hall–Kier alpha value is -1.35. The Balaban J connectivity index is 2.72. The van der Waals surface area contributed by atoms with Gasteiger partial charge < -0.3 is 0 Å². The fourth-order valence-corrected chi connectivity index (χ4v) is 1.97. The van der Waals surface area contributed by atoms with Gasteiger partial charge in [-0.25, -0.2) is 5.48 Å². The van der Waals surface area contributed by atoms with Gasteiger partial charge in [0.1, 0.15) is 0 Å². The largest absolute Gasteiger partial charge is 0.289 e. The highest BCUT2D eigenvalue weighted by molar-refractivity contribution is 5.77. The molecular formula is C14H21NO2. The Morgan fingerprint density at radius 2 is 2.12 bits per heavy atom. The number of rotatable bonds is 6. The van der Waals surface area contributed by atoms with Gasteiger partial charge in [0.2, 0.25) is 5.91 Å². The van der Waals surface area contributed by atoms with Crippen molar-refractivity contribution in [1.29, 1.82) is 0 Å². The third-order valence-corrected chi connectivity index (χ3v) is 3.11. The predicted molar refractivity (Wildman–Crippen MR) is 67.8 cm³/mol. The van der Waals surface area contributed by atoms with E-state index in [0.29, 0.717) is 6.42 Å². The van der Waals surface area contributed by atoms with Crippen LogP contribution in [0.25, 0.3) is 0 Å². The standard InChI is InChI=1S/C14H21NO2/c1-3-4-8-13(14(16)15-17)10-12-9-6-5-7-11(12)2/h5-7,9,13,17H,3-4,8,10H2,1-2H3,(H,15,16). The molecule has 17 heavy (non-hydrogen) atoms. The third kappa shape index (κ3) is 4.19. The first-order valence-corrected chi connectivity index (χ1v) is 6.17. The minimum absolute atomic E-state index is 0.138. The molecule has 0 bridgehead atoms. The quantitative estimate of drug-likeness (QED) is 0.588. The van der Waals surface area contributed by atoms with Gasteiger partial charge in [0.15, 0.2) is 0 Å². The molecule has 0 aromatic heterocycles. The van der Waals surface area contributed by atoms with Crippen molar-refractivity contribution in [3.05, 3.63) is 35.4 Å². The SMILES string of the molecule is CCCCC(Cc1ccccc1C)C(=O)NO. The average molecular weight is 235 g/mol. The number of hydroxylamine groups is 1. The Kier molecular flexibility index (Phi) is 5.70. The summed E-state index contributed by atoms with van der Waals surface area (Å²) in [7, 11) is 0. The van der Waals surface area contributed by atoms with E-state index in [4.69, 9.17) is 5.21 Å². The van der Waals surface area contributed by atoms with Crippen LogP contribution in [0.5, 0.6) is 0 Å². The summed E-state index contributed by atoms with van der Waals surface area (Å²) in [5, 5.41) is 8.75. The molecule has 0 fully saturated rings. The highest BCUT2D eigenvalue weighted by atomic mass is 16.5. The number of benzene rings is 1. The van der Waals surface area contributed by atoms with Gasteiger partial charge in [-0.15, -0.1) is 0 Å². The minimum atomic E-state index is -0.276. The van der Waals surface area contributed by atoms with Gasteiger partial charge in [-0.05, 0) is 30.9 Å². The molecule has 3 nitrogen and oxygen atoms in total. The van der Waals surface area contributed by atoms with E-state index in [1.54, 1.807) is 5.48 Å². The first-order chi connectivity index (χ1) is 8.19. The maximum Gasteiger partial charge on any atom is 0.246 e. The highest BCUT2D eigenvalue weighted by Gasteiger charge is 2.18. The molecule has 0 saturated carbocycles. The molecule has 0 spiro atoms. The van der Waals surface area contributed by atoms with Crippen LogP contribution in [0.3, 0.4) is 0 Å². The van der Waals surface area contributed by atoms with Gasteiger partial charge in [-0.3, -0.25) is 10.0 Å². The number of nitrogens with one attached hydrogen (secondary N) is 1. The van der Waals surface area contributed by atoms with Crippen molar-refractivity contribution in [2.45, 2.75) is 39.5 Å². The summed E-state index contributed by atoms with van der Waals surface area (Å²) in [5.74, 6) is -0.414. The van der Waals surface area contributed by atoms with Crippen molar-refractivity contribution >= 4 is 5.91 Å². The zero-order valence-electron chi connectivity index (χ0n) is 10.6. The first-order valence-electron chi connectivity index (χ1n) is 6.17. The van der Waals surface area contributed by atoms with E-state index >= 15 is 0 Å². The van der Waals surface area contributed by atoms with Crippen LogP contribution in [-0.4, -0.2) is 11.1 Å². The molecule has 2 N–H and O–H groups in total. The van der Waals surface area contributed by atoms with Gasteiger partial charge in [0.05, 0.1) is 0 Å². The predicted octanol–water partition coefficient (Wildman–Crippen LogP) is 2.85. The first kappa shape index (κ1) is 13.7. The van der Waals surface area contributed by atoms with E-state index in [2.05, 4.69) is 6.92 Å². The fourth-order valence-electron chi connectivity index (χ4n) is 1.97. The second-order valence-electron chi connectivity index (χ2n) is 4.45. The second kappa shape index (κ2) is 7.07. The number of amides is 1. The molecule has 1 atom stereocenters. The van der Waals surface area contributed by atoms with Crippen LogP contribution in [0.15, 0.2) is 24.3 Å². The van der Waals surface area contributed by atoms with E-state index < -0.39 is 0 Å². The lowest BCUT2D eigenvalue weighted by molar-refractivity contribution is -0.133. The second-order valence-corrected chi connectivity index (χ2v) is 4.45. The molecule has 1 amide bonds. The summed E-state index contributed by atoms with van der Waals surface area (Å²) in [6, 6.07) is 8.06. The fraction of sp³-hybridized carbons (Fsp3) is 0.500. The maximum absolute atomic E-state index is 11.6. The number of unbranched alkanes of at least 4 members (excludes halogenated alkanes) is 1. The summed E-state index contributed by atoms with van der Waals surface area (Å²) in [4.78, 5) is 11.6. The Morgan fingerprint density at radius 1 is 1.41 bits per heavy atom. The van der Waals surface area contributed by atoms with Crippen LogP contribution in [-0.2, 0) is 11.2 Å². The van der Waals surface area contributed by atoms with E-state index in [1.165, 1.54) is 11.1 Å². The molecular weight excluding hydrogens is 214 g/mol. The van der Waals surface area contributed by atoms with Crippen molar-refractivity contribution in [2.75, 3.05) is 0 Å². The molecule has 0 heterocycles. The van der Waals surface area contributed by atoms with Gasteiger partial charge in [-0.1, -0.05) is 44.0 Å². The molecule has 94 valence electrons. The molecule has 1 rings (SSSR count). The van der Waals surface area contributed by atoms with E-state index in [0.717, 1.165) is 19.3 Å². The van der Waals surface area contributed by atoms with Gasteiger partial charge >= 0.3 is 0 Å². The summed E-state index contributed by atoms with van der Waals surface area (Å²) in [6.45, 7) is 4.14. The van der Waals surface area contributed by atoms with Crippen molar-refractivity contribution in [2.24, 2.45) is 5.92 Å². The lowest BCUT2D eigenvalue weighted by atomic mass is 9.91. The summed E-state index contributed by atoms with van der Waals surface area (Å²) < 4.78 is 0. The maximum atomic E-state index is 11.6. The molecule has 0 radical (unpaired) electrons. The molecule has 0 saturated heterocycles. The number of hydrogen-bond donors (Lipinski definition) is 2. The summed E-state index contributed by atoms with van der Waals surface area (Å²) in [6.07, 6.45) is 3.57. The number of hydrogen-bond acceptors (Lipinski definition) is 2. The molecule has 0 aliphatic carbocycles. The van der Waals surface area contributed by atoms with Crippen molar-refractivity contribution in [3.8, 4) is 0 Å². The van der Waals surface area contributed by atoms with Crippen LogP contribution in [0, 0.1) is 12.8 Å². The van der Waals surface area contributed by atoms with E-state index in [9.17, 15) is 4.79 Å². The number of aryl methyl sites for hydroxylation is 1. The molecule has 1 unspecified atom stereocenters. The van der Waals surface area contributed by atoms with Crippen LogP contribution in [0.2, 0.25) is 0 Å². The van der Waals surface area contributed by atoms with E-state index in [1.807, 2.05) is 31.2 Å². The number of carbonyl (C=O) groups is 1.